The fourth-order valence-electron chi connectivity index (χ4n) is 1.04. The second-order valence-electron chi connectivity index (χ2n) is 2.86. The Morgan fingerprint density at radius 2 is 2.31 bits per heavy atom. The second-order valence-corrected chi connectivity index (χ2v) is 4.66. The Bertz CT molecular complexity index is 296. The normalized spacial score (nSPS) is 10.1. The molecule has 1 heterocycles. The lowest BCUT2D eigenvalue weighted by Crippen LogP contribution is -2.23. The van der Waals surface area contributed by atoms with Crippen LogP contribution in [0.4, 0.5) is 0 Å². The standard InChI is InChI=1S/C9H13ClN2S/c1-3-9(11)12(2)6-7-4-5-8(10)13-7/h4-5,11H,3,6H2,1-2H3. The first kappa shape index (κ1) is 10.5. The van der Waals surface area contributed by atoms with Crippen molar-refractivity contribution < 1.29 is 0 Å². The minimum atomic E-state index is 0.657. The zero-order valence-corrected chi connectivity index (χ0v) is 9.37. The predicted octanol–water partition coefficient (Wildman–Crippen LogP) is 3.22. The molecule has 0 unspecified atom stereocenters. The molecule has 13 heavy (non-hydrogen) atoms. The van der Waals surface area contributed by atoms with Gasteiger partial charge in [-0.3, -0.25) is 5.41 Å². The van der Waals surface area contributed by atoms with E-state index in [4.69, 9.17) is 17.0 Å². The fraction of sp³-hybridized carbons (Fsp3) is 0.444. The number of hydrogen-bond acceptors (Lipinski definition) is 2. The summed E-state index contributed by atoms with van der Waals surface area (Å²) < 4.78 is 0.812. The molecule has 0 amide bonds. The van der Waals surface area contributed by atoms with Gasteiger partial charge in [0, 0.05) is 18.3 Å². The molecule has 0 fully saturated rings. The molecule has 4 heteroatoms. The molecule has 0 spiro atoms. The third-order valence-electron chi connectivity index (χ3n) is 1.82. The van der Waals surface area contributed by atoms with Gasteiger partial charge in [0.25, 0.3) is 0 Å². The third kappa shape index (κ3) is 3.01. The highest BCUT2D eigenvalue weighted by atomic mass is 35.5. The van der Waals surface area contributed by atoms with Crippen molar-refractivity contribution >= 4 is 28.8 Å². The van der Waals surface area contributed by atoms with Crippen LogP contribution < -0.4 is 0 Å². The SMILES string of the molecule is CCC(=N)N(C)Cc1ccc(Cl)s1. The van der Waals surface area contributed by atoms with Gasteiger partial charge in [-0.15, -0.1) is 11.3 Å². The monoisotopic (exact) mass is 216 g/mol. The van der Waals surface area contributed by atoms with Crippen LogP contribution in [0.5, 0.6) is 0 Å². The van der Waals surface area contributed by atoms with Crippen molar-refractivity contribution in [3.8, 4) is 0 Å². The third-order valence-corrected chi connectivity index (χ3v) is 3.03. The predicted molar refractivity (Wildman–Crippen MR) is 58.8 cm³/mol. The molecule has 0 radical (unpaired) electrons. The molecule has 72 valence electrons. The van der Waals surface area contributed by atoms with Crippen LogP contribution in [0.3, 0.4) is 0 Å². The molecular formula is C9H13ClN2S. The Balaban J connectivity index is 2.54. The van der Waals surface area contributed by atoms with E-state index in [1.807, 2.05) is 31.0 Å². The molecule has 0 saturated carbocycles. The first-order valence-electron chi connectivity index (χ1n) is 4.16. The molecule has 0 aliphatic carbocycles. The number of rotatable bonds is 3. The lowest BCUT2D eigenvalue weighted by Gasteiger charge is -2.17. The van der Waals surface area contributed by atoms with Crippen molar-refractivity contribution in [2.45, 2.75) is 19.9 Å². The number of hydrogen-bond donors (Lipinski definition) is 1. The van der Waals surface area contributed by atoms with Crippen LogP contribution in [0.15, 0.2) is 12.1 Å². The fourth-order valence-corrected chi connectivity index (χ4v) is 2.18. The van der Waals surface area contributed by atoms with E-state index < -0.39 is 0 Å². The molecule has 0 aliphatic heterocycles. The average molecular weight is 217 g/mol. The Labute approximate surface area is 87.6 Å². The lowest BCUT2D eigenvalue weighted by atomic mass is 10.3. The number of nitrogens with zero attached hydrogens (tertiary/aromatic N) is 1. The van der Waals surface area contributed by atoms with Crippen LogP contribution in [0.2, 0.25) is 4.34 Å². The highest BCUT2D eigenvalue weighted by molar-refractivity contribution is 7.16. The molecule has 1 aromatic heterocycles. The summed E-state index contributed by atoms with van der Waals surface area (Å²) in [4.78, 5) is 3.13. The van der Waals surface area contributed by atoms with Crippen LogP contribution in [0.1, 0.15) is 18.2 Å². The molecule has 0 aromatic carbocycles. The van der Waals surface area contributed by atoms with Gasteiger partial charge >= 0.3 is 0 Å². The van der Waals surface area contributed by atoms with Crippen molar-refractivity contribution in [2.75, 3.05) is 7.05 Å². The maximum atomic E-state index is 7.60. The van der Waals surface area contributed by atoms with Gasteiger partial charge in [-0.05, 0) is 12.1 Å². The molecule has 1 aromatic rings. The van der Waals surface area contributed by atoms with Crippen LogP contribution in [-0.4, -0.2) is 17.8 Å². The molecule has 1 rings (SSSR count). The molecule has 1 N–H and O–H groups in total. The van der Waals surface area contributed by atoms with Gasteiger partial charge in [-0.2, -0.15) is 0 Å². The summed E-state index contributed by atoms with van der Waals surface area (Å²) in [6.45, 7) is 2.77. The van der Waals surface area contributed by atoms with E-state index in [-0.39, 0.29) is 0 Å². The Morgan fingerprint density at radius 1 is 1.62 bits per heavy atom. The summed E-state index contributed by atoms with van der Waals surface area (Å²) in [7, 11) is 1.93. The maximum absolute atomic E-state index is 7.60. The minimum absolute atomic E-state index is 0.657. The lowest BCUT2D eigenvalue weighted by molar-refractivity contribution is 0.492. The van der Waals surface area contributed by atoms with E-state index in [0.29, 0.717) is 5.84 Å². The van der Waals surface area contributed by atoms with Gasteiger partial charge in [-0.1, -0.05) is 18.5 Å². The number of thiophene rings is 1. The largest absolute Gasteiger partial charge is 0.358 e. The minimum Gasteiger partial charge on any atom is -0.358 e. The highest BCUT2D eigenvalue weighted by Crippen LogP contribution is 2.22. The van der Waals surface area contributed by atoms with Crippen LogP contribution >= 0.6 is 22.9 Å². The Kier molecular flexibility index (Phi) is 3.75. The maximum Gasteiger partial charge on any atom is 0.0955 e. The van der Waals surface area contributed by atoms with Crippen molar-refractivity contribution in [1.29, 1.82) is 5.41 Å². The van der Waals surface area contributed by atoms with Gasteiger partial charge in [0.1, 0.15) is 0 Å². The first-order valence-corrected chi connectivity index (χ1v) is 5.35. The molecule has 0 atom stereocenters. The smallest absolute Gasteiger partial charge is 0.0955 e. The van der Waals surface area contributed by atoms with Crippen molar-refractivity contribution in [2.24, 2.45) is 0 Å². The van der Waals surface area contributed by atoms with Gasteiger partial charge in [0.2, 0.25) is 0 Å². The van der Waals surface area contributed by atoms with E-state index in [1.54, 1.807) is 11.3 Å². The van der Waals surface area contributed by atoms with Gasteiger partial charge < -0.3 is 4.90 Å². The van der Waals surface area contributed by atoms with Crippen LogP contribution in [0, 0.1) is 5.41 Å². The van der Waals surface area contributed by atoms with Crippen LogP contribution in [-0.2, 0) is 6.54 Å². The van der Waals surface area contributed by atoms with E-state index >= 15 is 0 Å². The summed E-state index contributed by atoms with van der Waals surface area (Å²) in [6, 6.07) is 3.90. The summed E-state index contributed by atoms with van der Waals surface area (Å²) in [6.07, 6.45) is 0.773. The van der Waals surface area contributed by atoms with Gasteiger partial charge in [0.05, 0.1) is 16.7 Å². The summed E-state index contributed by atoms with van der Waals surface area (Å²) in [5, 5.41) is 7.60. The number of halogens is 1. The van der Waals surface area contributed by atoms with Crippen molar-refractivity contribution in [1.82, 2.24) is 4.90 Å². The van der Waals surface area contributed by atoms with Crippen LogP contribution in [0.25, 0.3) is 0 Å². The van der Waals surface area contributed by atoms with Crippen molar-refractivity contribution in [3.05, 3.63) is 21.3 Å². The zero-order chi connectivity index (χ0) is 9.84. The molecular weight excluding hydrogens is 204 g/mol. The van der Waals surface area contributed by atoms with E-state index in [0.717, 1.165) is 17.3 Å². The highest BCUT2D eigenvalue weighted by Gasteiger charge is 2.04. The molecule has 0 bridgehead atoms. The van der Waals surface area contributed by atoms with E-state index in [1.165, 1.54) is 4.88 Å². The van der Waals surface area contributed by atoms with E-state index in [9.17, 15) is 0 Å². The first-order chi connectivity index (χ1) is 6.13. The molecule has 2 nitrogen and oxygen atoms in total. The summed E-state index contributed by atoms with van der Waals surface area (Å²) in [5.74, 6) is 0.657. The quantitative estimate of drug-likeness (QED) is 0.610. The van der Waals surface area contributed by atoms with E-state index in [2.05, 4.69) is 0 Å². The topological polar surface area (TPSA) is 27.1 Å². The number of amidine groups is 1. The summed E-state index contributed by atoms with van der Waals surface area (Å²) >= 11 is 7.37. The molecule has 0 saturated heterocycles. The number of nitrogens with one attached hydrogen (secondary N) is 1. The molecule has 0 aliphatic rings. The Hall–Kier alpha value is -0.540. The van der Waals surface area contributed by atoms with Crippen molar-refractivity contribution in [3.63, 3.8) is 0 Å². The van der Waals surface area contributed by atoms with Gasteiger partial charge in [0.15, 0.2) is 0 Å². The second kappa shape index (κ2) is 4.63. The zero-order valence-electron chi connectivity index (χ0n) is 7.80. The van der Waals surface area contributed by atoms with Gasteiger partial charge in [-0.25, -0.2) is 0 Å². The summed E-state index contributed by atoms with van der Waals surface area (Å²) in [5.41, 5.74) is 0. The Morgan fingerprint density at radius 3 is 2.77 bits per heavy atom. The average Bonchev–Trinajstić information content (AvgIpc) is 2.49.